The summed E-state index contributed by atoms with van der Waals surface area (Å²) in [4.78, 5) is 27.2. The molecular formula is C16H22N2O2S. The third-order valence-corrected chi connectivity index (χ3v) is 5.45. The Bertz CT molecular complexity index is 488. The Balaban J connectivity index is 1.42. The number of carbonyl (C=O) groups excluding carboxylic acids is 2. The van der Waals surface area contributed by atoms with Crippen molar-refractivity contribution in [2.45, 2.75) is 44.6 Å². The summed E-state index contributed by atoms with van der Waals surface area (Å²) in [6, 6.07) is 4.24. The standard InChI is InChI=1S/C16H22N2O2S/c19-15(11-14-5-2-10-21-14)18-8-6-13(7-9-18)17-16(20)12-3-1-4-12/h2,5,10,12-13H,1,3-4,6-9,11H2,(H,17,20). The summed E-state index contributed by atoms with van der Waals surface area (Å²) in [5.74, 6) is 0.689. The highest BCUT2D eigenvalue weighted by molar-refractivity contribution is 7.10. The van der Waals surface area contributed by atoms with E-state index in [1.807, 2.05) is 22.4 Å². The number of carbonyl (C=O) groups is 2. The van der Waals surface area contributed by atoms with Gasteiger partial charge in [-0.2, -0.15) is 0 Å². The van der Waals surface area contributed by atoms with Crippen molar-refractivity contribution in [1.29, 1.82) is 0 Å². The molecule has 0 unspecified atom stereocenters. The van der Waals surface area contributed by atoms with E-state index in [0.717, 1.165) is 43.6 Å². The van der Waals surface area contributed by atoms with Crippen LogP contribution >= 0.6 is 11.3 Å². The molecule has 1 aromatic rings. The van der Waals surface area contributed by atoms with Crippen molar-refractivity contribution in [3.8, 4) is 0 Å². The number of thiophene rings is 1. The number of likely N-dealkylation sites (tertiary alicyclic amines) is 1. The van der Waals surface area contributed by atoms with Crippen LogP contribution in [0.3, 0.4) is 0 Å². The fourth-order valence-electron chi connectivity index (χ4n) is 2.94. The lowest BCUT2D eigenvalue weighted by molar-refractivity contribution is -0.132. The number of rotatable bonds is 4. The number of hydrogen-bond donors (Lipinski definition) is 1. The molecule has 2 amide bonds. The lowest BCUT2D eigenvalue weighted by Gasteiger charge is -2.34. The van der Waals surface area contributed by atoms with Gasteiger partial charge in [0.1, 0.15) is 0 Å². The van der Waals surface area contributed by atoms with Crippen molar-refractivity contribution in [3.63, 3.8) is 0 Å². The zero-order valence-electron chi connectivity index (χ0n) is 12.2. The summed E-state index contributed by atoms with van der Waals surface area (Å²) in [7, 11) is 0. The van der Waals surface area contributed by atoms with Crippen LogP contribution in [-0.4, -0.2) is 35.8 Å². The lowest BCUT2D eigenvalue weighted by Crippen LogP contribution is -2.48. The molecule has 1 saturated carbocycles. The summed E-state index contributed by atoms with van der Waals surface area (Å²) in [6.07, 6.45) is 5.56. The molecule has 2 aliphatic rings. The molecule has 1 aliphatic heterocycles. The molecule has 114 valence electrons. The minimum absolute atomic E-state index is 0.209. The molecule has 0 atom stereocenters. The second-order valence-electron chi connectivity index (χ2n) is 6.05. The van der Waals surface area contributed by atoms with Crippen LogP contribution in [0.1, 0.15) is 37.0 Å². The van der Waals surface area contributed by atoms with Gasteiger partial charge in [-0.1, -0.05) is 12.5 Å². The highest BCUT2D eigenvalue weighted by Crippen LogP contribution is 2.26. The van der Waals surface area contributed by atoms with Crippen molar-refractivity contribution < 1.29 is 9.59 Å². The van der Waals surface area contributed by atoms with Gasteiger partial charge >= 0.3 is 0 Å². The highest BCUT2D eigenvalue weighted by atomic mass is 32.1. The van der Waals surface area contributed by atoms with E-state index in [2.05, 4.69) is 5.32 Å². The second-order valence-corrected chi connectivity index (χ2v) is 7.08. The van der Waals surface area contributed by atoms with Gasteiger partial charge in [0, 0.05) is 29.9 Å². The van der Waals surface area contributed by atoms with Gasteiger partial charge in [0.2, 0.25) is 11.8 Å². The van der Waals surface area contributed by atoms with Gasteiger partial charge < -0.3 is 10.2 Å². The first-order valence-corrected chi connectivity index (χ1v) is 8.71. The van der Waals surface area contributed by atoms with E-state index in [9.17, 15) is 9.59 Å². The van der Waals surface area contributed by atoms with E-state index in [1.54, 1.807) is 11.3 Å². The smallest absolute Gasteiger partial charge is 0.227 e. The minimum Gasteiger partial charge on any atom is -0.353 e. The van der Waals surface area contributed by atoms with Crippen LogP contribution in [0, 0.1) is 5.92 Å². The van der Waals surface area contributed by atoms with Crippen LogP contribution in [-0.2, 0) is 16.0 Å². The molecule has 4 nitrogen and oxygen atoms in total. The molecule has 1 N–H and O–H groups in total. The number of piperidine rings is 1. The molecule has 0 aromatic carbocycles. The number of hydrogen-bond acceptors (Lipinski definition) is 3. The molecule has 5 heteroatoms. The maximum Gasteiger partial charge on any atom is 0.227 e. The molecule has 0 radical (unpaired) electrons. The summed E-state index contributed by atoms with van der Waals surface area (Å²) in [5.41, 5.74) is 0. The van der Waals surface area contributed by atoms with Gasteiger partial charge in [0.05, 0.1) is 6.42 Å². The lowest BCUT2D eigenvalue weighted by atomic mass is 9.84. The van der Waals surface area contributed by atoms with Gasteiger partial charge in [0.25, 0.3) is 0 Å². The Morgan fingerprint density at radius 2 is 2.00 bits per heavy atom. The molecule has 3 rings (SSSR count). The normalized spacial score (nSPS) is 20.1. The Labute approximate surface area is 129 Å². The highest BCUT2D eigenvalue weighted by Gasteiger charge is 2.29. The van der Waals surface area contributed by atoms with Crippen molar-refractivity contribution in [2.24, 2.45) is 5.92 Å². The maximum absolute atomic E-state index is 12.2. The molecule has 0 spiro atoms. The summed E-state index contributed by atoms with van der Waals surface area (Å²) < 4.78 is 0. The Kier molecular flexibility index (Phi) is 4.58. The molecular weight excluding hydrogens is 284 g/mol. The first-order chi connectivity index (χ1) is 10.2. The maximum atomic E-state index is 12.2. The zero-order chi connectivity index (χ0) is 14.7. The van der Waals surface area contributed by atoms with E-state index >= 15 is 0 Å². The Morgan fingerprint density at radius 3 is 2.57 bits per heavy atom. The molecule has 1 aliphatic carbocycles. The number of nitrogens with one attached hydrogen (secondary N) is 1. The molecule has 1 saturated heterocycles. The monoisotopic (exact) mass is 306 g/mol. The first kappa shape index (κ1) is 14.6. The van der Waals surface area contributed by atoms with E-state index < -0.39 is 0 Å². The molecule has 0 bridgehead atoms. The second kappa shape index (κ2) is 6.60. The summed E-state index contributed by atoms with van der Waals surface area (Å²) in [6.45, 7) is 1.53. The SMILES string of the molecule is O=C(NC1CCN(C(=O)Cc2cccs2)CC1)C1CCC1. The molecule has 21 heavy (non-hydrogen) atoms. The minimum atomic E-state index is 0.209. The van der Waals surface area contributed by atoms with Crippen molar-refractivity contribution in [3.05, 3.63) is 22.4 Å². The van der Waals surface area contributed by atoms with Crippen molar-refractivity contribution >= 4 is 23.2 Å². The first-order valence-electron chi connectivity index (χ1n) is 7.83. The molecule has 2 fully saturated rings. The quantitative estimate of drug-likeness (QED) is 0.927. The third kappa shape index (κ3) is 3.64. The van der Waals surface area contributed by atoms with E-state index in [4.69, 9.17) is 0 Å². The van der Waals surface area contributed by atoms with Gasteiger partial charge in [0.15, 0.2) is 0 Å². The van der Waals surface area contributed by atoms with E-state index in [1.165, 1.54) is 6.42 Å². The van der Waals surface area contributed by atoms with Crippen LogP contribution in [0.25, 0.3) is 0 Å². The summed E-state index contributed by atoms with van der Waals surface area (Å²) in [5, 5.41) is 5.16. The number of nitrogens with zero attached hydrogens (tertiary/aromatic N) is 1. The fraction of sp³-hybridized carbons (Fsp3) is 0.625. The fourth-order valence-corrected chi connectivity index (χ4v) is 3.63. The van der Waals surface area contributed by atoms with Crippen molar-refractivity contribution in [1.82, 2.24) is 10.2 Å². The predicted octanol–water partition coefficient (Wildman–Crippen LogP) is 2.20. The van der Waals surface area contributed by atoms with Gasteiger partial charge in [-0.05, 0) is 37.1 Å². The predicted molar refractivity (Wildman–Crippen MR) is 83.1 cm³/mol. The molecule has 1 aromatic heterocycles. The summed E-state index contributed by atoms with van der Waals surface area (Å²) >= 11 is 1.63. The van der Waals surface area contributed by atoms with Gasteiger partial charge in [-0.3, -0.25) is 9.59 Å². The van der Waals surface area contributed by atoms with Gasteiger partial charge in [-0.15, -0.1) is 11.3 Å². The van der Waals surface area contributed by atoms with Crippen LogP contribution in [0.5, 0.6) is 0 Å². The third-order valence-electron chi connectivity index (χ3n) is 4.58. The van der Waals surface area contributed by atoms with Crippen LogP contribution in [0.4, 0.5) is 0 Å². The molecule has 2 heterocycles. The Hall–Kier alpha value is -1.36. The number of amides is 2. The van der Waals surface area contributed by atoms with Crippen LogP contribution < -0.4 is 5.32 Å². The van der Waals surface area contributed by atoms with Crippen LogP contribution in [0.15, 0.2) is 17.5 Å². The Morgan fingerprint density at radius 1 is 1.24 bits per heavy atom. The van der Waals surface area contributed by atoms with Gasteiger partial charge in [-0.25, -0.2) is 0 Å². The largest absolute Gasteiger partial charge is 0.353 e. The zero-order valence-corrected chi connectivity index (χ0v) is 13.0. The van der Waals surface area contributed by atoms with E-state index in [0.29, 0.717) is 6.42 Å². The average Bonchev–Trinajstić information content (AvgIpc) is 2.90. The van der Waals surface area contributed by atoms with Crippen LogP contribution in [0.2, 0.25) is 0 Å². The topological polar surface area (TPSA) is 49.4 Å². The van der Waals surface area contributed by atoms with E-state index in [-0.39, 0.29) is 23.8 Å². The average molecular weight is 306 g/mol. The van der Waals surface area contributed by atoms with Crippen molar-refractivity contribution in [2.75, 3.05) is 13.1 Å².